The summed E-state index contributed by atoms with van der Waals surface area (Å²) < 4.78 is 50.7. The lowest BCUT2D eigenvalue weighted by Crippen LogP contribution is -2.29. The molecule has 1 aromatic carbocycles. The van der Waals surface area contributed by atoms with E-state index in [1.807, 2.05) is 0 Å². The highest BCUT2D eigenvalue weighted by molar-refractivity contribution is 7.89. The number of hydrogen-bond acceptors (Lipinski definition) is 4. The Morgan fingerprint density at radius 2 is 1.90 bits per heavy atom. The summed E-state index contributed by atoms with van der Waals surface area (Å²) in [5.74, 6) is -4.78. The Balaban J connectivity index is 2.27. The van der Waals surface area contributed by atoms with E-state index in [9.17, 15) is 22.0 Å². The monoisotopic (exact) mass is 321 g/mol. The zero-order valence-corrected chi connectivity index (χ0v) is 11.6. The van der Waals surface area contributed by atoms with Crippen molar-refractivity contribution in [3.63, 3.8) is 0 Å². The van der Waals surface area contributed by atoms with Gasteiger partial charge in [-0.15, -0.1) is 0 Å². The Bertz CT molecular complexity index is 656. The number of hydrogen-bond donors (Lipinski definition) is 2. The molecule has 0 aromatic heterocycles. The Morgan fingerprint density at radius 3 is 2.48 bits per heavy atom. The highest BCUT2D eigenvalue weighted by Gasteiger charge is 2.26. The standard InChI is InChI=1S/C12H13F2NO5S/c13-9-5-7(12(16)17)6-10(11(9)14)21(18,19)15-20-8-3-1-2-4-8/h5-6,8,15H,1-4H2,(H,16,17). The van der Waals surface area contributed by atoms with Crippen LogP contribution in [0.15, 0.2) is 17.0 Å². The first-order valence-electron chi connectivity index (χ1n) is 6.21. The summed E-state index contributed by atoms with van der Waals surface area (Å²) in [4.78, 5) is 16.3. The smallest absolute Gasteiger partial charge is 0.335 e. The molecule has 0 atom stereocenters. The van der Waals surface area contributed by atoms with Crippen LogP contribution < -0.4 is 4.89 Å². The summed E-state index contributed by atoms with van der Waals surface area (Å²) in [5, 5.41) is 8.76. The van der Waals surface area contributed by atoms with Gasteiger partial charge in [0.25, 0.3) is 10.0 Å². The van der Waals surface area contributed by atoms with E-state index in [0.29, 0.717) is 25.0 Å². The Kier molecular flexibility index (Phi) is 4.55. The fraction of sp³-hybridized carbons (Fsp3) is 0.417. The quantitative estimate of drug-likeness (QED) is 0.807. The second-order valence-electron chi connectivity index (χ2n) is 4.69. The summed E-state index contributed by atoms with van der Waals surface area (Å²) in [7, 11) is -4.51. The molecule has 1 saturated carbocycles. The zero-order chi connectivity index (χ0) is 15.6. The van der Waals surface area contributed by atoms with E-state index in [1.165, 1.54) is 0 Å². The summed E-state index contributed by atoms with van der Waals surface area (Å²) in [6.07, 6.45) is 2.78. The average Bonchev–Trinajstić information content (AvgIpc) is 2.92. The minimum absolute atomic E-state index is 0.324. The van der Waals surface area contributed by atoms with Gasteiger partial charge in [0.2, 0.25) is 0 Å². The van der Waals surface area contributed by atoms with E-state index in [4.69, 9.17) is 9.94 Å². The van der Waals surface area contributed by atoms with Gasteiger partial charge in [0.1, 0.15) is 4.90 Å². The van der Waals surface area contributed by atoms with Crippen molar-refractivity contribution in [1.29, 1.82) is 0 Å². The van der Waals surface area contributed by atoms with E-state index in [1.54, 1.807) is 4.89 Å². The van der Waals surface area contributed by atoms with Crippen LogP contribution in [0.2, 0.25) is 0 Å². The van der Waals surface area contributed by atoms with Gasteiger partial charge in [-0.05, 0) is 25.0 Å². The highest BCUT2D eigenvalue weighted by atomic mass is 32.2. The van der Waals surface area contributed by atoms with E-state index in [0.717, 1.165) is 12.8 Å². The molecule has 0 bridgehead atoms. The highest BCUT2D eigenvalue weighted by Crippen LogP contribution is 2.23. The van der Waals surface area contributed by atoms with Gasteiger partial charge in [-0.1, -0.05) is 17.7 Å². The Hall–Kier alpha value is -1.58. The maximum atomic E-state index is 13.6. The number of benzene rings is 1. The number of rotatable bonds is 5. The Morgan fingerprint density at radius 1 is 1.29 bits per heavy atom. The molecule has 2 N–H and O–H groups in total. The first-order chi connectivity index (χ1) is 9.81. The molecular formula is C12H13F2NO5S. The molecule has 2 rings (SSSR count). The lowest BCUT2D eigenvalue weighted by molar-refractivity contribution is 0.0222. The largest absolute Gasteiger partial charge is 0.478 e. The summed E-state index contributed by atoms with van der Waals surface area (Å²) >= 11 is 0. The van der Waals surface area contributed by atoms with Gasteiger partial charge in [0.05, 0.1) is 11.7 Å². The van der Waals surface area contributed by atoms with Crippen LogP contribution in [0.1, 0.15) is 36.0 Å². The number of carboxylic acids is 1. The first kappa shape index (κ1) is 15.8. The molecule has 1 aromatic rings. The van der Waals surface area contributed by atoms with Crippen LogP contribution in [-0.2, 0) is 14.9 Å². The predicted molar refractivity (Wildman–Crippen MR) is 67.0 cm³/mol. The summed E-state index contributed by atoms with van der Waals surface area (Å²) in [6.45, 7) is 0. The molecule has 0 saturated heterocycles. The van der Waals surface area contributed by atoms with Gasteiger partial charge in [-0.3, -0.25) is 4.84 Å². The van der Waals surface area contributed by atoms with Crippen molar-refractivity contribution < 1.29 is 31.9 Å². The van der Waals surface area contributed by atoms with Crippen LogP contribution in [0, 0.1) is 11.6 Å². The molecule has 6 nitrogen and oxygen atoms in total. The molecule has 0 amide bonds. The van der Waals surface area contributed by atoms with Gasteiger partial charge in [0.15, 0.2) is 11.6 Å². The van der Waals surface area contributed by atoms with Crippen molar-refractivity contribution >= 4 is 16.0 Å². The van der Waals surface area contributed by atoms with Crippen LogP contribution in [0.5, 0.6) is 0 Å². The van der Waals surface area contributed by atoms with Crippen LogP contribution in [-0.4, -0.2) is 25.6 Å². The normalized spacial score (nSPS) is 16.3. The summed E-state index contributed by atoms with van der Waals surface area (Å²) in [6, 6.07) is 0.954. The number of carboxylic acid groups (broad SMARTS) is 1. The minimum atomic E-state index is -4.51. The minimum Gasteiger partial charge on any atom is -0.478 e. The third kappa shape index (κ3) is 3.55. The van der Waals surface area contributed by atoms with Crippen molar-refractivity contribution in [2.75, 3.05) is 0 Å². The second-order valence-corrected chi connectivity index (χ2v) is 6.30. The lowest BCUT2D eigenvalue weighted by atomic mass is 10.2. The molecule has 0 radical (unpaired) electrons. The van der Waals surface area contributed by atoms with Gasteiger partial charge in [-0.25, -0.2) is 22.0 Å². The van der Waals surface area contributed by atoms with E-state index < -0.39 is 38.1 Å². The molecule has 1 aliphatic rings. The van der Waals surface area contributed by atoms with Gasteiger partial charge in [-0.2, -0.15) is 0 Å². The van der Waals surface area contributed by atoms with Crippen molar-refractivity contribution in [3.8, 4) is 0 Å². The fourth-order valence-corrected chi connectivity index (χ4v) is 3.03. The average molecular weight is 321 g/mol. The molecule has 0 unspecified atom stereocenters. The van der Waals surface area contributed by atoms with Crippen LogP contribution in [0.25, 0.3) is 0 Å². The predicted octanol–water partition coefficient (Wildman–Crippen LogP) is 1.82. The van der Waals surface area contributed by atoms with Gasteiger partial charge >= 0.3 is 5.97 Å². The third-order valence-electron chi connectivity index (χ3n) is 3.16. The number of halogens is 2. The number of nitrogens with one attached hydrogen (secondary N) is 1. The zero-order valence-electron chi connectivity index (χ0n) is 10.8. The van der Waals surface area contributed by atoms with Gasteiger partial charge < -0.3 is 5.11 Å². The number of carbonyl (C=O) groups is 1. The fourth-order valence-electron chi connectivity index (χ4n) is 2.07. The SMILES string of the molecule is O=C(O)c1cc(F)c(F)c(S(=O)(=O)NOC2CCCC2)c1. The topological polar surface area (TPSA) is 92.7 Å². The van der Waals surface area contributed by atoms with Crippen molar-refractivity contribution in [3.05, 3.63) is 29.3 Å². The van der Waals surface area contributed by atoms with Gasteiger partial charge in [0, 0.05) is 0 Å². The van der Waals surface area contributed by atoms with Crippen molar-refractivity contribution in [1.82, 2.24) is 4.89 Å². The maximum absolute atomic E-state index is 13.6. The molecule has 0 heterocycles. The number of sulfonamides is 1. The second kappa shape index (κ2) is 6.04. The third-order valence-corrected chi connectivity index (χ3v) is 4.35. The van der Waals surface area contributed by atoms with E-state index in [2.05, 4.69) is 0 Å². The molecule has 1 fully saturated rings. The van der Waals surface area contributed by atoms with Crippen molar-refractivity contribution in [2.24, 2.45) is 0 Å². The Labute approximate surface area is 119 Å². The molecule has 0 spiro atoms. The number of aromatic carboxylic acids is 1. The first-order valence-corrected chi connectivity index (χ1v) is 7.69. The lowest BCUT2D eigenvalue weighted by Gasteiger charge is -2.13. The molecule has 9 heteroatoms. The molecule has 21 heavy (non-hydrogen) atoms. The molecule has 0 aliphatic heterocycles. The van der Waals surface area contributed by atoms with Crippen LogP contribution in [0.3, 0.4) is 0 Å². The molecule has 116 valence electrons. The van der Waals surface area contributed by atoms with Crippen LogP contribution >= 0.6 is 0 Å². The van der Waals surface area contributed by atoms with Crippen molar-refractivity contribution in [2.45, 2.75) is 36.7 Å². The summed E-state index contributed by atoms with van der Waals surface area (Å²) in [5.41, 5.74) is -0.671. The van der Waals surface area contributed by atoms with Crippen LogP contribution in [0.4, 0.5) is 8.78 Å². The molecular weight excluding hydrogens is 308 g/mol. The maximum Gasteiger partial charge on any atom is 0.335 e. The van der Waals surface area contributed by atoms with E-state index >= 15 is 0 Å². The van der Waals surface area contributed by atoms with E-state index in [-0.39, 0.29) is 6.10 Å². The molecule has 1 aliphatic carbocycles.